The van der Waals surface area contributed by atoms with Gasteiger partial charge in [-0.3, -0.25) is 19.0 Å². The summed E-state index contributed by atoms with van der Waals surface area (Å²) in [5.41, 5.74) is -0.457. The van der Waals surface area contributed by atoms with Gasteiger partial charge in [-0.25, -0.2) is 0 Å². The van der Waals surface area contributed by atoms with E-state index in [-0.39, 0.29) is 17.3 Å². The Balaban J connectivity index is 3.20. The van der Waals surface area contributed by atoms with Crippen LogP contribution >= 0.6 is 0 Å². The Bertz CT molecular complexity index is 490. The van der Waals surface area contributed by atoms with Crippen molar-refractivity contribution in [2.75, 3.05) is 6.61 Å². The second-order valence-corrected chi connectivity index (χ2v) is 4.06. The molecule has 1 aromatic heterocycles. The number of Topliss-reactive ketones (excluding diaryl/α,β-unsaturated/α-hetero) is 2. The zero-order chi connectivity index (χ0) is 13.7. The second kappa shape index (κ2) is 6.14. The minimum absolute atomic E-state index is 0.159. The first-order valence-electron chi connectivity index (χ1n) is 5.83. The van der Waals surface area contributed by atoms with Gasteiger partial charge in [0.15, 0.2) is 23.4 Å². The van der Waals surface area contributed by atoms with Crippen molar-refractivity contribution in [3.05, 3.63) is 28.7 Å². The number of nitrogens with zero attached hydrogens (tertiary/aromatic N) is 1. The van der Waals surface area contributed by atoms with Gasteiger partial charge in [-0.05, 0) is 32.4 Å². The standard InChI is InChI=1S/C13H17NO4/c1-4-8-18-11-6-5-7-14(13(11)17)12(9(2)15)10(3)16/h5-7,12H,4,8H2,1-3H3. The van der Waals surface area contributed by atoms with Gasteiger partial charge in [0.05, 0.1) is 6.61 Å². The third kappa shape index (κ3) is 3.06. The molecule has 0 unspecified atom stereocenters. The molecule has 0 saturated carbocycles. The highest BCUT2D eigenvalue weighted by molar-refractivity contribution is 6.02. The van der Waals surface area contributed by atoms with E-state index in [0.29, 0.717) is 6.61 Å². The summed E-state index contributed by atoms with van der Waals surface area (Å²) in [5.74, 6) is -0.568. The summed E-state index contributed by atoms with van der Waals surface area (Å²) in [6.07, 6.45) is 2.20. The van der Waals surface area contributed by atoms with Gasteiger partial charge < -0.3 is 4.74 Å². The maximum atomic E-state index is 12.1. The molecule has 0 spiro atoms. The Morgan fingerprint density at radius 1 is 1.33 bits per heavy atom. The molecule has 1 heterocycles. The Morgan fingerprint density at radius 3 is 2.44 bits per heavy atom. The Labute approximate surface area is 105 Å². The Morgan fingerprint density at radius 2 is 1.94 bits per heavy atom. The summed E-state index contributed by atoms with van der Waals surface area (Å²) < 4.78 is 6.40. The molecule has 1 rings (SSSR count). The zero-order valence-electron chi connectivity index (χ0n) is 10.8. The van der Waals surface area contributed by atoms with Crippen molar-refractivity contribution < 1.29 is 14.3 Å². The fraction of sp³-hybridized carbons (Fsp3) is 0.462. The summed E-state index contributed by atoms with van der Waals surface area (Å²) in [6.45, 7) is 4.93. The lowest BCUT2D eigenvalue weighted by Crippen LogP contribution is -2.33. The minimum Gasteiger partial charge on any atom is -0.488 e. The van der Waals surface area contributed by atoms with Gasteiger partial charge >= 0.3 is 0 Å². The molecule has 0 aromatic carbocycles. The van der Waals surface area contributed by atoms with Crippen molar-refractivity contribution in [3.63, 3.8) is 0 Å². The largest absolute Gasteiger partial charge is 0.488 e. The van der Waals surface area contributed by atoms with Crippen molar-refractivity contribution in [2.24, 2.45) is 0 Å². The highest BCUT2D eigenvalue weighted by Gasteiger charge is 2.23. The molecule has 0 saturated heterocycles. The molecule has 98 valence electrons. The van der Waals surface area contributed by atoms with Crippen molar-refractivity contribution in [3.8, 4) is 5.75 Å². The van der Waals surface area contributed by atoms with E-state index >= 15 is 0 Å². The average molecular weight is 251 g/mol. The third-order valence-electron chi connectivity index (χ3n) is 2.45. The van der Waals surface area contributed by atoms with Crippen LogP contribution in [-0.4, -0.2) is 22.7 Å². The normalized spacial score (nSPS) is 10.4. The van der Waals surface area contributed by atoms with E-state index in [2.05, 4.69) is 0 Å². The zero-order valence-corrected chi connectivity index (χ0v) is 10.8. The summed E-state index contributed by atoms with van der Waals surface area (Å²) in [4.78, 5) is 34.9. The molecule has 18 heavy (non-hydrogen) atoms. The summed E-state index contributed by atoms with van der Waals surface area (Å²) in [6, 6.07) is 2.06. The van der Waals surface area contributed by atoms with Crippen LogP contribution in [0.25, 0.3) is 0 Å². The summed E-state index contributed by atoms with van der Waals surface area (Å²) in [5, 5.41) is 0. The van der Waals surface area contributed by atoms with Crippen molar-refractivity contribution >= 4 is 11.6 Å². The van der Waals surface area contributed by atoms with E-state index in [0.717, 1.165) is 11.0 Å². The fourth-order valence-corrected chi connectivity index (χ4v) is 1.69. The third-order valence-corrected chi connectivity index (χ3v) is 2.45. The highest BCUT2D eigenvalue weighted by atomic mass is 16.5. The number of aromatic nitrogens is 1. The first-order chi connectivity index (χ1) is 8.49. The number of ether oxygens (including phenoxy) is 1. The molecule has 0 aliphatic heterocycles. The predicted octanol–water partition coefficient (Wildman–Crippen LogP) is 1.36. The van der Waals surface area contributed by atoms with E-state index in [1.54, 1.807) is 6.07 Å². The van der Waals surface area contributed by atoms with Crippen LogP contribution in [-0.2, 0) is 9.59 Å². The molecule has 0 atom stereocenters. The molecular weight excluding hydrogens is 234 g/mol. The van der Waals surface area contributed by atoms with E-state index < -0.39 is 11.6 Å². The molecule has 5 nitrogen and oxygen atoms in total. The van der Waals surface area contributed by atoms with Crippen LogP contribution < -0.4 is 10.3 Å². The van der Waals surface area contributed by atoms with Crippen LogP contribution in [0.4, 0.5) is 0 Å². The lowest BCUT2D eigenvalue weighted by molar-refractivity contribution is -0.129. The summed E-state index contributed by atoms with van der Waals surface area (Å²) in [7, 11) is 0. The molecule has 1 aromatic rings. The summed E-state index contributed by atoms with van der Waals surface area (Å²) >= 11 is 0. The van der Waals surface area contributed by atoms with E-state index in [9.17, 15) is 14.4 Å². The van der Waals surface area contributed by atoms with Gasteiger partial charge in [-0.1, -0.05) is 6.92 Å². The predicted molar refractivity (Wildman–Crippen MR) is 66.9 cm³/mol. The van der Waals surface area contributed by atoms with E-state index in [4.69, 9.17) is 4.74 Å². The number of carbonyl (C=O) groups is 2. The van der Waals surface area contributed by atoms with Crippen LogP contribution in [0.1, 0.15) is 33.2 Å². The van der Waals surface area contributed by atoms with Gasteiger partial charge in [0, 0.05) is 6.20 Å². The Hall–Kier alpha value is -1.91. The molecule has 0 radical (unpaired) electrons. The monoisotopic (exact) mass is 251 g/mol. The Kier molecular flexibility index (Phi) is 4.83. The SMILES string of the molecule is CCCOc1cccn(C(C(C)=O)C(C)=O)c1=O. The van der Waals surface area contributed by atoms with Crippen LogP contribution in [0.3, 0.4) is 0 Å². The average Bonchev–Trinajstić information content (AvgIpc) is 2.29. The smallest absolute Gasteiger partial charge is 0.293 e. The van der Waals surface area contributed by atoms with Gasteiger partial charge in [0.1, 0.15) is 0 Å². The molecule has 0 aliphatic rings. The quantitative estimate of drug-likeness (QED) is 0.716. The topological polar surface area (TPSA) is 65.4 Å². The van der Waals surface area contributed by atoms with Crippen LogP contribution in [0, 0.1) is 0 Å². The van der Waals surface area contributed by atoms with Crippen molar-refractivity contribution in [2.45, 2.75) is 33.2 Å². The number of hydrogen-bond donors (Lipinski definition) is 0. The molecule has 0 bridgehead atoms. The number of hydrogen-bond acceptors (Lipinski definition) is 4. The minimum atomic E-state index is -1.07. The molecule has 0 fully saturated rings. The molecule has 0 aliphatic carbocycles. The fourth-order valence-electron chi connectivity index (χ4n) is 1.69. The molecular formula is C13H17NO4. The van der Waals surface area contributed by atoms with Gasteiger partial charge in [0.2, 0.25) is 0 Å². The first kappa shape index (κ1) is 14.2. The number of rotatable bonds is 6. The maximum Gasteiger partial charge on any atom is 0.293 e. The maximum absolute atomic E-state index is 12.1. The van der Waals surface area contributed by atoms with E-state index in [1.807, 2.05) is 6.92 Å². The van der Waals surface area contributed by atoms with Crippen molar-refractivity contribution in [1.29, 1.82) is 0 Å². The highest BCUT2D eigenvalue weighted by Crippen LogP contribution is 2.10. The van der Waals surface area contributed by atoms with Gasteiger partial charge in [0.25, 0.3) is 5.56 Å². The molecule has 5 heteroatoms. The molecule has 0 amide bonds. The van der Waals surface area contributed by atoms with Crippen molar-refractivity contribution in [1.82, 2.24) is 4.57 Å². The van der Waals surface area contributed by atoms with Crippen LogP contribution in [0.2, 0.25) is 0 Å². The second-order valence-electron chi connectivity index (χ2n) is 4.06. The number of pyridine rings is 1. The first-order valence-corrected chi connectivity index (χ1v) is 5.83. The lowest BCUT2D eigenvalue weighted by Gasteiger charge is -2.15. The van der Waals surface area contributed by atoms with E-state index in [1.165, 1.54) is 26.1 Å². The lowest BCUT2D eigenvalue weighted by atomic mass is 10.1. The van der Waals surface area contributed by atoms with Gasteiger partial charge in [-0.2, -0.15) is 0 Å². The van der Waals surface area contributed by atoms with Gasteiger partial charge in [-0.15, -0.1) is 0 Å². The number of carbonyl (C=O) groups excluding carboxylic acids is 2. The molecule has 0 N–H and O–H groups in total. The van der Waals surface area contributed by atoms with Crippen LogP contribution in [0.5, 0.6) is 5.75 Å². The number of ketones is 2. The van der Waals surface area contributed by atoms with Crippen LogP contribution in [0.15, 0.2) is 23.1 Å².